The molecule has 4 atom stereocenters. The lowest BCUT2D eigenvalue weighted by Gasteiger charge is -2.38. The average molecular weight is 352 g/mol. The minimum Gasteiger partial charge on any atom is -0.374 e. The molecule has 2 aliphatic rings. The third-order valence-corrected chi connectivity index (χ3v) is 4.13. The number of benzene rings is 1. The summed E-state index contributed by atoms with van der Waals surface area (Å²) < 4.78 is 29.3. The molecule has 1 aromatic carbocycles. The fraction of sp³-hybridized carbons (Fsp3) is 0.684. The van der Waals surface area contributed by atoms with Crippen molar-refractivity contribution in [3.8, 4) is 0 Å². The summed E-state index contributed by atoms with van der Waals surface area (Å²) in [6, 6.07) is 9.99. The molecule has 1 unspecified atom stereocenters. The molecule has 6 heteroatoms. The van der Waals surface area contributed by atoms with Gasteiger partial charge >= 0.3 is 0 Å². The van der Waals surface area contributed by atoms with Crippen molar-refractivity contribution in [2.24, 2.45) is 0 Å². The summed E-state index contributed by atoms with van der Waals surface area (Å²) in [4.78, 5) is 0. The van der Waals surface area contributed by atoms with E-state index in [9.17, 15) is 5.11 Å². The van der Waals surface area contributed by atoms with Gasteiger partial charge in [0, 0.05) is 6.42 Å². The molecule has 2 fully saturated rings. The molecule has 6 nitrogen and oxygen atoms in total. The second-order valence-electron chi connectivity index (χ2n) is 7.57. The van der Waals surface area contributed by atoms with Gasteiger partial charge in [-0.3, -0.25) is 0 Å². The summed E-state index contributed by atoms with van der Waals surface area (Å²) in [5, 5.41) is 10.0. The Morgan fingerprint density at radius 2 is 1.92 bits per heavy atom. The van der Waals surface area contributed by atoms with E-state index in [1.807, 2.05) is 44.2 Å². The van der Waals surface area contributed by atoms with Gasteiger partial charge in [-0.25, -0.2) is 0 Å². The molecule has 0 saturated carbocycles. The van der Waals surface area contributed by atoms with Crippen LogP contribution in [-0.2, 0) is 30.3 Å². The van der Waals surface area contributed by atoms with Gasteiger partial charge in [-0.2, -0.15) is 0 Å². The molecule has 1 aromatic rings. The first kappa shape index (κ1) is 18.8. The predicted molar refractivity (Wildman–Crippen MR) is 90.6 cm³/mol. The number of fused-ring (bicyclic) bond motifs is 1. The van der Waals surface area contributed by atoms with Gasteiger partial charge in [0.15, 0.2) is 17.9 Å². The lowest BCUT2D eigenvalue weighted by molar-refractivity contribution is -0.276. The van der Waals surface area contributed by atoms with Crippen LogP contribution in [0.15, 0.2) is 30.3 Å². The van der Waals surface area contributed by atoms with Crippen LogP contribution in [0.2, 0.25) is 0 Å². The molecule has 0 radical (unpaired) electrons. The van der Waals surface area contributed by atoms with E-state index in [1.165, 1.54) is 0 Å². The Labute approximate surface area is 149 Å². The zero-order chi connectivity index (χ0) is 18.1. The molecule has 2 saturated heterocycles. The monoisotopic (exact) mass is 352 g/mol. The molecule has 0 aromatic heterocycles. The molecule has 0 amide bonds. The highest BCUT2D eigenvalue weighted by atomic mass is 16.8. The van der Waals surface area contributed by atoms with E-state index < -0.39 is 17.9 Å². The molecule has 140 valence electrons. The third kappa shape index (κ3) is 5.23. The van der Waals surface area contributed by atoms with Gasteiger partial charge in [0.25, 0.3) is 0 Å². The summed E-state index contributed by atoms with van der Waals surface area (Å²) >= 11 is 0. The van der Waals surface area contributed by atoms with Crippen molar-refractivity contribution in [3.63, 3.8) is 0 Å². The first-order valence-corrected chi connectivity index (χ1v) is 8.75. The van der Waals surface area contributed by atoms with E-state index in [0.29, 0.717) is 19.6 Å². The number of rotatable bonds is 6. The van der Waals surface area contributed by atoms with Crippen molar-refractivity contribution in [3.05, 3.63) is 35.9 Å². The Bertz CT molecular complexity index is 553. The first-order chi connectivity index (χ1) is 11.7. The highest BCUT2D eigenvalue weighted by Gasteiger charge is 2.51. The van der Waals surface area contributed by atoms with Crippen molar-refractivity contribution in [2.75, 3.05) is 6.61 Å². The summed E-state index contributed by atoms with van der Waals surface area (Å²) in [6.07, 6.45) is -0.840. The number of aliphatic hydroxyl groups is 1. The zero-order valence-corrected chi connectivity index (χ0v) is 15.3. The van der Waals surface area contributed by atoms with E-state index in [-0.39, 0.29) is 18.3 Å². The second kappa shape index (κ2) is 7.31. The maximum atomic E-state index is 10.0. The second-order valence-corrected chi connectivity index (χ2v) is 7.57. The molecule has 1 N–H and O–H groups in total. The molecule has 3 rings (SSSR count). The minimum absolute atomic E-state index is 0.185. The van der Waals surface area contributed by atoms with Crippen LogP contribution < -0.4 is 0 Å². The van der Waals surface area contributed by atoms with Crippen molar-refractivity contribution in [1.82, 2.24) is 0 Å². The molecule has 0 bridgehead atoms. The van der Waals surface area contributed by atoms with Crippen LogP contribution in [0, 0.1) is 0 Å². The predicted octanol–water partition coefficient (Wildman–Crippen LogP) is 2.58. The van der Waals surface area contributed by atoms with Crippen LogP contribution in [0.3, 0.4) is 0 Å². The van der Waals surface area contributed by atoms with Crippen molar-refractivity contribution in [2.45, 2.75) is 76.9 Å². The number of hydrogen-bond acceptors (Lipinski definition) is 6. The maximum Gasteiger partial charge on any atom is 0.190 e. The molecular weight excluding hydrogens is 324 g/mol. The van der Waals surface area contributed by atoms with Gasteiger partial charge in [0.05, 0.1) is 25.4 Å². The van der Waals surface area contributed by atoms with Gasteiger partial charge in [0.1, 0.15) is 6.10 Å². The lowest BCUT2D eigenvalue weighted by Crippen LogP contribution is -2.51. The topological polar surface area (TPSA) is 66.4 Å². The van der Waals surface area contributed by atoms with Crippen LogP contribution in [-0.4, -0.2) is 47.9 Å². The summed E-state index contributed by atoms with van der Waals surface area (Å²) in [5.74, 6) is -1.99. The Hall–Kier alpha value is -1.02. The Balaban J connectivity index is 1.59. The normalized spacial score (nSPS) is 31.7. The van der Waals surface area contributed by atoms with Crippen LogP contribution in [0.25, 0.3) is 0 Å². The highest BCUT2D eigenvalue weighted by Crippen LogP contribution is 2.38. The SMILES string of the molecule is CC(C)(O)O[C@@H]1CC(COCc2ccccc2)O[C@H]2OC(C)(C)O[C@H]21. The van der Waals surface area contributed by atoms with Crippen molar-refractivity contribution in [1.29, 1.82) is 0 Å². The largest absolute Gasteiger partial charge is 0.374 e. The van der Waals surface area contributed by atoms with E-state index in [4.69, 9.17) is 23.7 Å². The van der Waals surface area contributed by atoms with E-state index in [1.54, 1.807) is 13.8 Å². The Morgan fingerprint density at radius 3 is 2.60 bits per heavy atom. The third-order valence-electron chi connectivity index (χ3n) is 4.13. The van der Waals surface area contributed by atoms with Gasteiger partial charge in [0.2, 0.25) is 0 Å². The van der Waals surface area contributed by atoms with Crippen molar-refractivity contribution < 1.29 is 28.8 Å². The minimum atomic E-state index is -1.25. The van der Waals surface area contributed by atoms with Crippen LogP contribution >= 0.6 is 0 Å². The van der Waals surface area contributed by atoms with E-state index in [0.717, 1.165) is 5.56 Å². The first-order valence-electron chi connectivity index (χ1n) is 8.75. The van der Waals surface area contributed by atoms with Crippen molar-refractivity contribution >= 4 is 0 Å². The summed E-state index contributed by atoms with van der Waals surface area (Å²) in [6.45, 7) is 7.86. The van der Waals surface area contributed by atoms with Gasteiger partial charge in [-0.05, 0) is 33.3 Å². The van der Waals surface area contributed by atoms with Gasteiger partial charge in [-0.15, -0.1) is 0 Å². The molecule has 2 aliphatic heterocycles. The quantitative estimate of drug-likeness (QED) is 0.794. The fourth-order valence-corrected chi connectivity index (χ4v) is 3.23. The highest BCUT2D eigenvalue weighted by molar-refractivity contribution is 5.13. The van der Waals surface area contributed by atoms with E-state index in [2.05, 4.69) is 0 Å². The van der Waals surface area contributed by atoms with Gasteiger partial charge in [-0.1, -0.05) is 30.3 Å². The fourth-order valence-electron chi connectivity index (χ4n) is 3.23. The van der Waals surface area contributed by atoms with Crippen LogP contribution in [0.4, 0.5) is 0 Å². The molecule has 0 aliphatic carbocycles. The lowest BCUT2D eigenvalue weighted by atomic mass is 10.0. The molecular formula is C19H28O6. The Morgan fingerprint density at radius 1 is 1.20 bits per heavy atom. The molecule has 2 heterocycles. The zero-order valence-electron chi connectivity index (χ0n) is 15.3. The van der Waals surface area contributed by atoms with Crippen LogP contribution in [0.1, 0.15) is 39.7 Å². The smallest absolute Gasteiger partial charge is 0.190 e. The molecule has 0 spiro atoms. The maximum absolute atomic E-state index is 10.0. The number of ether oxygens (including phenoxy) is 5. The van der Waals surface area contributed by atoms with E-state index >= 15 is 0 Å². The summed E-state index contributed by atoms with van der Waals surface area (Å²) in [7, 11) is 0. The Kier molecular flexibility index (Phi) is 5.48. The number of hydrogen-bond donors (Lipinski definition) is 1. The summed E-state index contributed by atoms with van der Waals surface area (Å²) in [5.41, 5.74) is 1.11. The van der Waals surface area contributed by atoms with Gasteiger partial charge < -0.3 is 28.8 Å². The standard InChI is InChI=1S/C19H28O6/c1-18(2,20)23-15-10-14(12-21-11-13-8-6-5-7-9-13)22-17-16(15)24-19(3,4)25-17/h5-9,14-17,20H,10-12H2,1-4H3/t14?,15-,16+,17+/m1/s1. The average Bonchev–Trinajstić information content (AvgIpc) is 2.81. The molecule has 25 heavy (non-hydrogen) atoms. The van der Waals surface area contributed by atoms with Crippen LogP contribution in [0.5, 0.6) is 0 Å².